The quantitative estimate of drug-likeness (QED) is 0.767. The Morgan fingerprint density at radius 3 is 2.61 bits per heavy atom. The zero-order chi connectivity index (χ0) is 19.6. The number of sulfonamides is 1. The van der Waals surface area contributed by atoms with E-state index in [0.717, 1.165) is 22.8 Å². The first-order valence-corrected chi connectivity index (χ1v) is 11.7. The van der Waals surface area contributed by atoms with Crippen molar-refractivity contribution in [1.29, 1.82) is 0 Å². The minimum atomic E-state index is -3.64. The number of amides is 1. The predicted octanol–water partition coefficient (Wildman–Crippen LogP) is 2.85. The molecule has 0 radical (unpaired) electrons. The summed E-state index contributed by atoms with van der Waals surface area (Å²) in [5.74, 6) is 0.778. The topological polar surface area (TPSA) is 66.9 Å². The number of para-hydroxylation sites is 1. The van der Waals surface area contributed by atoms with Crippen molar-refractivity contribution in [1.82, 2.24) is 4.31 Å². The highest BCUT2D eigenvalue weighted by Gasteiger charge is 2.28. The van der Waals surface area contributed by atoms with Crippen LogP contribution in [-0.2, 0) is 14.8 Å². The molecule has 2 aromatic carbocycles. The second-order valence-corrected chi connectivity index (χ2v) is 9.75. The van der Waals surface area contributed by atoms with E-state index in [1.807, 2.05) is 24.3 Å². The largest absolute Gasteiger partial charge is 0.379 e. The lowest BCUT2D eigenvalue weighted by Gasteiger charge is -2.26. The van der Waals surface area contributed by atoms with Gasteiger partial charge in [0.25, 0.3) is 5.91 Å². The third kappa shape index (κ3) is 3.82. The van der Waals surface area contributed by atoms with Gasteiger partial charge in [0.1, 0.15) is 0 Å². The Labute approximate surface area is 169 Å². The van der Waals surface area contributed by atoms with Gasteiger partial charge in [-0.2, -0.15) is 4.31 Å². The van der Waals surface area contributed by atoms with Crippen molar-refractivity contribution in [2.24, 2.45) is 0 Å². The maximum atomic E-state index is 13.3. The van der Waals surface area contributed by atoms with Crippen LogP contribution >= 0.6 is 11.8 Å². The molecule has 2 aliphatic rings. The molecular weight excluding hydrogens is 396 g/mol. The summed E-state index contributed by atoms with van der Waals surface area (Å²) >= 11 is 1.74. The maximum Gasteiger partial charge on any atom is 0.258 e. The van der Waals surface area contributed by atoms with Gasteiger partial charge in [-0.15, -0.1) is 11.8 Å². The molecule has 0 unspecified atom stereocenters. The summed E-state index contributed by atoms with van der Waals surface area (Å²) in [6, 6.07) is 14.2. The van der Waals surface area contributed by atoms with Gasteiger partial charge in [0.2, 0.25) is 10.0 Å². The van der Waals surface area contributed by atoms with E-state index in [0.29, 0.717) is 38.4 Å². The summed E-state index contributed by atoms with van der Waals surface area (Å²) < 4.78 is 32.5. The van der Waals surface area contributed by atoms with Crippen LogP contribution in [0.1, 0.15) is 16.8 Å². The van der Waals surface area contributed by atoms with Gasteiger partial charge in [0, 0.05) is 30.1 Å². The second-order valence-electron chi connectivity index (χ2n) is 6.67. The monoisotopic (exact) mass is 418 g/mol. The lowest BCUT2D eigenvalue weighted by Crippen LogP contribution is -2.40. The molecule has 1 fully saturated rings. The number of thioether (sulfide) groups is 1. The molecule has 2 heterocycles. The Balaban J connectivity index is 1.65. The summed E-state index contributed by atoms with van der Waals surface area (Å²) in [5.41, 5.74) is 1.27. The summed E-state index contributed by atoms with van der Waals surface area (Å²) in [6.07, 6.45) is 0.886. The number of hydrogen-bond donors (Lipinski definition) is 0. The number of benzene rings is 2. The molecule has 6 nitrogen and oxygen atoms in total. The van der Waals surface area contributed by atoms with Crippen LogP contribution in [0.3, 0.4) is 0 Å². The minimum Gasteiger partial charge on any atom is -0.379 e. The zero-order valence-electron chi connectivity index (χ0n) is 15.4. The fourth-order valence-corrected chi connectivity index (χ4v) is 5.87. The molecule has 0 bridgehead atoms. The van der Waals surface area contributed by atoms with E-state index in [1.165, 1.54) is 10.4 Å². The normalized spacial score (nSPS) is 18.4. The SMILES string of the molecule is O=C(c1cccc(S(=O)(=O)N2CCOCC2)c1)N1CCCSc2ccccc21. The van der Waals surface area contributed by atoms with E-state index >= 15 is 0 Å². The second kappa shape index (κ2) is 8.24. The van der Waals surface area contributed by atoms with Crippen molar-refractivity contribution in [3.8, 4) is 0 Å². The highest BCUT2D eigenvalue weighted by molar-refractivity contribution is 7.99. The molecule has 0 saturated carbocycles. The van der Waals surface area contributed by atoms with Crippen LogP contribution in [0.25, 0.3) is 0 Å². The van der Waals surface area contributed by atoms with Crippen LogP contribution in [0, 0.1) is 0 Å². The zero-order valence-corrected chi connectivity index (χ0v) is 17.0. The molecule has 0 aromatic heterocycles. The van der Waals surface area contributed by atoms with Crippen LogP contribution in [-0.4, -0.2) is 57.2 Å². The standard InChI is InChI=1S/C20H22N2O4S2/c23-20(22-9-4-14-27-19-8-2-1-7-18(19)22)16-5-3-6-17(15-16)28(24,25)21-10-12-26-13-11-21/h1-3,5-8,15H,4,9-14H2. The average Bonchev–Trinajstić information content (AvgIpc) is 2.96. The van der Waals surface area contributed by atoms with Crippen LogP contribution in [0.2, 0.25) is 0 Å². The van der Waals surface area contributed by atoms with E-state index in [2.05, 4.69) is 0 Å². The highest BCUT2D eigenvalue weighted by Crippen LogP contribution is 2.34. The number of fused-ring (bicyclic) bond motifs is 1. The number of ether oxygens (including phenoxy) is 1. The Bertz CT molecular complexity index is 972. The van der Waals surface area contributed by atoms with Crippen molar-refractivity contribution in [2.75, 3.05) is 43.5 Å². The van der Waals surface area contributed by atoms with Crippen LogP contribution in [0.4, 0.5) is 5.69 Å². The van der Waals surface area contributed by atoms with Gasteiger partial charge in [-0.05, 0) is 42.5 Å². The van der Waals surface area contributed by atoms with Crippen LogP contribution in [0.5, 0.6) is 0 Å². The molecular formula is C20H22N2O4S2. The van der Waals surface area contributed by atoms with Crippen LogP contribution in [0.15, 0.2) is 58.3 Å². The van der Waals surface area contributed by atoms with Crippen molar-refractivity contribution in [3.63, 3.8) is 0 Å². The predicted molar refractivity (Wildman–Crippen MR) is 109 cm³/mol. The molecule has 4 rings (SSSR count). The Morgan fingerprint density at radius 1 is 1.00 bits per heavy atom. The highest BCUT2D eigenvalue weighted by atomic mass is 32.2. The number of rotatable bonds is 3. The lowest BCUT2D eigenvalue weighted by molar-refractivity contribution is 0.0730. The molecule has 1 amide bonds. The molecule has 0 N–H and O–H groups in total. The van der Waals surface area contributed by atoms with Gasteiger partial charge in [0.05, 0.1) is 23.8 Å². The van der Waals surface area contributed by atoms with E-state index < -0.39 is 10.0 Å². The third-order valence-electron chi connectivity index (χ3n) is 4.87. The average molecular weight is 419 g/mol. The van der Waals surface area contributed by atoms with E-state index in [9.17, 15) is 13.2 Å². The Morgan fingerprint density at radius 2 is 1.79 bits per heavy atom. The molecule has 8 heteroatoms. The first-order valence-electron chi connectivity index (χ1n) is 9.29. The summed E-state index contributed by atoms with van der Waals surface area (Å²) in [7, 11) is -3.64. The molecule has 0 atom stereocenters. The number of hydrogen-bond acceptors (Lipinski definition) is 5. The van der Waals surface area contributed by atoms with Gasteiger partial charge in [0.15, 0.2) is 0 Å². The fraction of sp³-hybridized carbons (Fsp3) is 0.350. The number of morpholine rings is 1. The number of anilines is 1. The van der Waals surface area contributed by atoms with Gasteiger partial charge in [-0.1, -0.05) is 18.2 Å². The number of carbonyl (C=O) groups excluding carboxylic acids is 1. The van der Waals surface area contributed by atoms with E-state index in [1.54, 1.807) is 34.9 Å². The molecule has 0 aliphatic carbocycles. The Kier molecular flexibility index (Phi) is 5.73. The molecule has 2 aliphatic heterocycles. The first-order chi connectivity index (χ1) is 13.6. The fourth-order valence-electron chi connectivity index (χ4n) is 3.42. The van der Waals surface area contributed by atoms with Crippen molar-refractivity contribution in [3.05, 3.63) is 54.1 Å². The van der Waals surface area contributed by atoms with E-state index in [-0.39, 0.29) is 10.8 Å². The summed E-state index contributed by atoms with van der Waals surface area (Å²) in [4.78, 5) is 16.2. The van der Waals surface area contributed by atoms with Crippen molar-refractivity contribution >= 4 is 33.4 Å². The van der Waals surface area contributed by atoms with Crippen molar-refractivity contribution in [2.45, 2.75) is 16.2 Å². The van der Waals surface area contributed by atoms with Gasteiger partial charge < -0.3 is 9.64 Å². The molecule has 2 aromatic rings. The molecule has 0 spiro atoms. The molecule has 1 saturated heterocycles. The van der Waals surface area contributed by atoms with Gasteiger partial charge in [-0.25, -0.2) is 8.42 Å². The summed E-state index contributed by atoms with van der Waals surface area (Å²) in [5, 5.41) is 0. The Hall–Kier alpha value is -1.87. The number of nitrogens with zero attached hydrogens (tertiary/aromatic N) is 2. The van der Waals surface area contributed by atoms with Crippen molar-refractivity contribution < 1.29 is 17.9 Å². The van der Waals surface area contributed by atoms with E-state index in [4.69, 9.17) is 4.74 Å². The van der Waals surface area contributed by atoms with Gasteiger partial charge in [-0.3, -0.25) is 4.79 Å². The summed E-state index contributed by atoms with van der Waals surface area (Å²) in [6.45, 7) is 2.05. The lowest BCUT2D eigenvalue weighted by atomic mass is 10.1. The minimum absolute atomic E-state index is 0.151. The first kappa shape index (κ1) is 19.4. The maximum absolute atomic E-state index is 13.3. The molecule has 148 valence electrons. The van der Waals surface area contributed by atoms with Gasteiger partial charge >= 0.3 is 0 Å². The number of carbonyl (C=O) groups is 1. The van der Waals surface area contributed by atoms with Crippen LogP contribution < -0.4 is 4.90 Å². The third-order valence-corrected chi connectivity index (χ3v) is 7.92. The smallest absolute Gasteiger partial charge is 0.258 e. The molecule has 28 heavy (non-hydrogen) atoms.